The van der Waals surface area contributed by atoms with Gasteiger partial charge in [0.1, 0.15) is 11.6 Å². The molecule has 7 nitrogen and oxygen atoms in total. The van der Waals surface area contributed by atoms with E-state index >= 15 is 0 Å². The Morgan fingerprint density at radius 3 is 2.65 bits per heavy atom. The van der Waals surface area contributed by atoms with Gasteiger partial charge in [-0.3, -0.25) is 14.5 Å². The van der Waals surface area contributed by atoms with Crippen molar-refractivity contribution in [2.45, 2.75) is 39.0 Å². The van der Waals surface area contributed by atoms with Gasteiger partial charge < -0.3 is 15.2 Å². The van der Waals surface area contributed by atoms with Crippen LogP contribution in [-0.4, -0.2) is 47.5 Å². The molecule has 1 aromatic heterocycles. The van der Waals surface area contributed by atoms with E-state index in [1.54, 1.807) is 0 Å². The first-order chi connectivity index (χ1) is 14.5. The molecule has 1 aromatic carbocycles. The Kier molecular flexibility index (Phi) is 6.63. The smallest absolute Gasteiger partial charge is 0.361 e. The van der Waals surface area contributed by atoms with Crippen LogP contribution < -0.4 is 10.6 Å². The third kappa shape index (κ3) is 5.81. The van der Waals surface area contributed by atoms with Crippen LogP contribution in [-0.2, 0) is 17.5 Å². The summed E-state index contributed by atoms with van der Waals surface area (Å²) < 4.78 is 56.9. The number of hydrogen-bond donors (Lipinski definition) is 2. The van der Waals surface area contributed by atoms with Gasteiger partial charge in [0.25, 0.3) is 5.91 Å². The third-order valence-corrected chi connectivity index (χ3v) is 5.10. The lowest BCUT2D eigenvalue weighted by atomic mass is 10.1. The highest BCUT2D eigenvalue weighted by atomic mass is 19.4. The van der Waals surface area contributed by atoms with Gasteiger partial charge >= 0.3 is 6.18 Å². The second-order valence-electron chi connectivity index (χ2n) is 7.50. The lowest BCUT2D eigenvalue weighted by molar-refractivity contribution is -0.137. The van der Waals surface area contributed by atoms with Gasteiger partial charge in [0.2, 0.25) is 5.91 Å². The summed E-state index contributed by atoms with van der Waals surface area (Å²) >= 11 is 0. The molecule has 1 atom stereocenters. The van der Waals surface area contributed by atoms with Gasteiger partial charge in [-0.2, -0.15) is 13.2 Å². The highest BCUT2D eigenvalue weighted by Crippen LogP contribution is 2.30. The summed E-state index contributed by atoms with van der Waals surface area (Å²) in [5.41, 5.74) is 0.0457. The van der Waals surface area contributed by atoms with E-state index in [9.17, 15) is 27.2 Å². The first-order valence-corrected chi connectivity index (χ1v) is 9.62. The predicted molar refractivity (Wildman–Crippen MR) is 102 cm³/mol. The number of carbonyl (C=O) groups is 2. The number of halogens is 4. The summed E-state index contributed by atoms with van der Waals surface area (Å²) in [7, 11) is 0. The fraction of sp³-hybridized carbons (Fsp3) is 0.450. The zero-order valence-electron chi connectivity index (χ0n) is 17.0. The first-order valence-electron chi connectivity index (χ1n) is 9.62. The van der Waals surface area contributed by atoms with Crippen molar-refractivity contribution in [2.24, 2.45) is 0 Å². The monoisotopic (exact) mass is 442 g/mol. The van der Waals surface area contributed by atoms with Crippen LogP contribution in [0.4, 0.5) is 17.6 Å². The Labute approximate surface area is 175 Å². The maximum atomic E-state index is 13.4. The van der Waals surface area contributed by atoms with Gasteiger partial charge in [0.15, 0.2) is 0 Å². The molecule has 0 radical (unpaired) electrons. The molecule has 1 aliphatic rings. The van der Waals surface area contributed by atoms with E-state index in [1.165, 1.54) is 0 Å². The number of hydrogen-bond acceptors (Lipinski definition) is 5. The minimum Gasteiger partial charge on any atom is -0.361 e. The number of nitrogens with one attached hydrogen (secondary N) is 2. The van der Waals surface area contributed by atoms with Gasteiger partial charge in [0.05, 0.1) is 17.8 Å². The predicted octanol–water partition coefficient (Wildman–Crippen LogP) is 2.57. The average Bonchev–Trinajstić information content (AvgIpc) is 3.26. The van der Waals surface area contributed by atoms with Crippen molar-refractivity contribution in [3.8, 4) is 0 Å². The lowest BCUT2D eigenvalue weighted by Crippen LogP contribution is -2.43. The molecule has 168 valence electrons. The molecule has 2 heterocycles. The zero-order chi connectivity index (χ0) is 22.8. The molecule has 1 saturated heterocycles. The van der Waals surface area contributed by atoms with Crippen LogP contribution in [0.15, 0.2) is 22.7 Å². The summed E-state index contributed by atoms with van der Waals surface area (Å²) in [6, 6.07) is 1.40. The topological polar surface area (TPSA) is 87.5 Å². The summed E-state index contributed by atoms with van der Waals surface area (Å²) in [5.74, 6) is -1.89. The largest absolute Gasteiger partial charge is 0.416 e. The number of aryl methyl sites for hydroxylation is 2. The molecule has 1 fully saturated rings. The van der Waals surface area contributed by atoms with E-state index in [1.807, 2.05) is 13.8 Å². The minimum absolute atomic E-state index is 0.129. The molecule has 1 unspecified atom stereocenters. The molecule has 2 amide bonds. The van der Waals surface area contributed by atoms with Crippen LogP contribution in [0.2, 0.25) is 0 Å². The van der Waals surface area contributed by atoms with E-state index in [4.69, 9.17) is 4.52 Å². The van der Waals surface area contributed by atoms with Crippen LogP contribution >= 0.6 is 0 Å². The number of benzene rings is 1. The van der Waals surface area contributed by atoms with Crippen molar-refractivity contribution in [1.82, 2.24) is 20.7 Å². The van der Waals surface area contributed by atoms with Gasteiger partial charge in [-0.05, 0) is 38.5 Å². The molecular formula is C20H22F4N4O3. The van der Waals surface area contributed by atoms with E-state index in [2.05, 4.69) is 20.7 Å². The standard InChI is InChI=1S/C20H22F4N4O3/c1-11-17(12(2)31-27-11)10-28-4-3-16(9-28)26-18(29)8-25-19(30)13-5-14(20(22,23)24)7-15(21)6-13/h5-7,16H,3-4,8-10H2,1-2H3,(H,25,30)(H,26,29). The molecule has 0 aliphatic carbocycles. The fourth-order valence-corrected chi connectivity index (χ4v) is 3.47. The zero-order valence-corrected chi connectivity index (χ0v) is 17.0. The number of carbonyl (C=O) groups excluding carboxylic acids is 2. The Hall–Kier alpha value is -2.95. The van der Waals surface area contributed by atoms with Crippen molar-refractivity contribution in [1.29, 1.82) is 0 Å². The van der Waals surface area contributed by atoms with Crippen LogP contribution in [0.5, 0.6) is 0 Å². The maximum Gasteiger partial charge on any atom is 0.416 e. The highest BCUT2D eigenvalue weighted by Gasteiger charge is 2.32. The third-order valence-electron chi connectivity index (χ3n) is 5.10. The van der Waals surface area contributed by atoms with E-state index < -0.39 is 41.5 Å². The summed E-state index contributed by atoms with van der Waals surface area (Å²) in [6.07, 6.45) is -4.08. The molecule has 0 saturated carbocycles. The molecule has 31 heavy (non-hydrogen) atoms. The number of aromatic nitrogens is 1. The Bertz CT molecular complexity index is 954. The number of amides is 2. The normalized spacial score (nSPS) is 17.0. The maximum absolute atomic E-state index is 13.4. The second-order valence-corrected chi connectivity index (χ2v) is 7.50. The average molecular weight is 442 g/mol. The molecule has 2 N–H and O–H groups in total. The van der Waals surface area contributed by atoms with E-state index in [-0.39, 0.29) is 6.04 Å². The Balaban J connectivity index is 1.48. The van der Waals surface area contributed by atoms with Crippen LogP contribution in [0.1, 0.15) is 39.4 Å². The van der Waals surface area contributed by atoms with Gasteiger partial charge in [-0.15, -0.1) is 0 Å². The molecular weight excluding hydrogens is 420 g/mol. The first kappa shape index (κ1) is 22.7. The second kappa shape index (κ2) is 9.04. The van der Waals surface area contributed by atoms with Gasteiger partial charge in [-0.1, -0.05) is 5.16 Å². The van der Waals surface area contributed by atoms with Gasteiger partial charge in [-0.25, -0.2) is 4.39 Å². The van der Waals surface area contributed by atoms with Crippen LogP contribution in [0.3, 0.4) is 0 Å². The van der Waals surface area contributed by atoms with Crippen molar-refractivity contribution in [3.63, 3.8) is 0 Å². The molecule has 2 aromatic rings. The van der Waals surface area contributed by atoms with Gasteiger partial charge in [0, 0.05) is 36.8 Å². The van der Waals surface area contributed by atoms with Crippen molar-refractivity contribution < 1.29 is 31.7 Å². The Morgan fingerprint density at radius 2 is 2.00 bits per heavy atom. The van der Waals surface area contributed by atoms with Crippen LogP contribution in [0, 0.1) is 19.7 Å². The number of alkyl halides is 3. The number of nitrogens with zero attached hydrogens (tertiary/aromatic N) is 2. The highest BCUT2D eigenvalue weighted by molar-refractivity contribution is 5.96. The fourth-order valence-electron chi connectivity index (χ4n) is 3.47. The quantitative estimate of drug-likeness (QED) is 0.672. The Morgan fingerprint density at radius 1 is 1.26 bits per heavy atom. The van der Waals surface area contributed by atoms with E-state index in [0.717, 1.165) is 23.6 Å². The molecule has 0 bridgehead atoms. The summed E-state index contributed by atoms with van der Waals surface area (Å²) in [5, 5.41) is 8.92. The van der Waals surface area contributed by atoms with Crippen molar-refractivity contribution in [3.05, 3.63) is 52.2 Å². The van der Waals surface area contributed by atoms with Crippen molar-refractivity contribution in [2.75, 3.05) is 19.6 Å². The van der Waals surface area contributed by atoms with E-state index in [0.29, 0.717) is 37.7 Å². The number of rotatable bonds is 6. The lowest BCUT2D eigenvalue weighted by Gasteiger charge is -2.17. The molecule has 3 rings (SSSR count). The SMILES string of the molecule is Cc1noc(C)c1CN1CCC(NC(=O)CNC(=O)c2cc(F)cc(C(F)(F)F)c2)C1. The minimum atomic E-state index is -4.79. The number of likely N-dealkylation sites (tertiary alicyclic amines) is 1. The molecule has 1 aliphatic heterocycles. The molecule has 11 heteroatoms. The molecule has 0 spiro atoms. The summed E-state index contributed by atoms with van der Waals surface area (Å²) in [4.78, 5) is 26.3. The van der Waals surface area contributed by atoms with Crippen molar-refractivity contribution >= 4 is 11.8 Å². The summed E-state index contributed by atoms with van der Waals surface area (Å²) in [6.45, 7) is 5.26. The van der Waals surface area contributed by atoms with Crippen LogP contribution in [0.25, 0.3) is 0 Å².